The quantitative estimate of drug-likeness (QED) is 0.230. The summed E-state index contributed by atoms with van der Waals surface area (Å²) in [5.41, 5.74) is 9.26. The third-order valence-electron chi connectivity index (χ3n) is 3.65. The van der Waals surface area contributed by atoms with Gasteiger partial charge in [0.25, 0.3) is 0 Å². The molecule has 0 aliphatic rings. The summed E-state index contributed by atoms with van der Waals surface area (Å²) in [7, 11) is 3.13. The number of pyridine rings is 1. The molecule has 0 saturated carbocycles. The van der Waals surface area contributed by atoms with E-state index in [0.717, 1.165) is 10.6 Å². The number of primary amides is 1. The third kappa shape index (κ3) is 9.49. The zero-order valence-corrected chi connectivity index (χ0v) is 17.8. The second-order valence-corrected chi connectivity index (χ2v) is 8.43. The Hall–Kier alpha value is -2.52. The van der Waals surface area contributed by atoms with Crippen molar-refractivity contribution in [3.8, 4) is 5.75 Å². The Morgan fingerprint density at radius 3 is 2.66 bits per heavy atom. The van der Waals surface area contributed by atoms with Gasteiger partial charge in [0.05, 0.1) is 12.3 Å². The predicted molar refractivity (Wildman–Crippen MR) is 118 cm³/mol. The molecule has 1 heterocycles. The van der Waals surface area contributed by atoms with Crippen LogP contribution in [0.1, 0.15) is 31.7 Å². The highest BCUT2D eigenvalue weighted by molar-refractivity contribution is 8.76. The Labute approximate surface area is 178 Å². The monoisotopic (exact) mass is 432 g/mol. The van der Waals surface area contributed by atoms with Crippen molar-refractivity contribution in [1.82, 2.24) is 10.4 Å². The lowest BCUT2D eigenvalue weighted by atomic mass is 10.1. The highest BCUT2D eigenvalue weighted by Crippen LogP contribution is 2.29. The van der Waals surface area contributed by atoms with Crippen LogP contribution < -0.4 is 15.9 Å². The Morgan fingerprint density at radius 1 is 1.17 bits per heavy atom. The molecule has 3 N–H and O–H groups in total. The van der Waals surface area contributed by atoms with Gasteiger partial charge in [-0.05, 0) is 66.1 Å². The number of nitrogens with zero attached hydrogens (tertiary/aromatic N) is 2. The number of benzene rings is 1. The molecule has 0 aliphatic heterocycles. The summed E-state index contributed by atoms with van der Waals surface area (Å²) in [5, 5.41) is 5.08. The smallest absolute Gasteiger partial charge is 0.240 e. The minimum absolute atomic E-state index is 0.132. The van der Waals surface area contributed by atoms with E-state index in [0.29, 0.717) is 43.1 Å². The number of nitrogens with one attached hydrogen (secondary N) is 1. The summed E-state index contributed by atoms with van der Waals surface area (Å²) in [4.78, 5) is 26.8. The fourth-order valence-corrected chi connectivity index (χ4v) is 4.00. The number of hydrogen-bond donors (Lipinski definition) is 2. The first-order chi connectivity index (χ1) is 14.0. The van der Waals surface area contributed by atoms with Crippen LogP contribution in [0, 0.1) is 0 Å². The van der Waals surface area contributed by atoms with Gasteiger partial charge in [0.2, 0.25) is 11.8 Å². The highest BCUT2D eigenvalue weighted by Gasteiger charge is 2.04. The van der Waals surface area contributed by atoms with Gasteiger partial charge in [-0.15, -0.1) is 0 Å². The topological polar surface area (TPSA) is 107 Å². The number of aromatic nitrogens is 1. The number of rotatable bonds is 12. The number of ether oxygens (including phenoxy) is 1. The standard InChI is InChI=1S/C20H24N4O3S2/c1-15(16-7-9-17(10-8-16)27-13-4-5-18(21)25)23-24-19(26)11-14-28-29-20-6-2-3-12-22-20/h2-3,6-10,12H,4-5,11,13-14H2,1H3,(H2,21,25)(H,24,26)/b23-15+. The van der Waals surface area contributed by atoms with Gasteiger partial charge in [0.15, 0.2) is 0 Å². The molecule has 2 rings (SSSR count). The first-order valence-electron chi connectivity index (χ1n) is 9.10. The molecule has 0 atom stereocenters. The maximum Gasteiger partial charge on any atom is 0.240 e. The summed E-state index contributed by atoms with van der Waals surface area (Å²) in [6, 6.07) is 13.1. The zero-order chi connectivity index (χ0) is 20.9. The molecule has 154 valence electrons. The summed E-state index contributed by atoms with van der Waals surface area (Å²) in [6.07, 6.45) is 3.02. The summed E-state index contributed by atoms with van der Waals surface area (Å²) < 4.78 is 5.55. The lowest BCUT2D eigenvalue weighted by molar-refractivity contribution is -0.120. The van der Waals surface area contributed by atoms with Crippen LogP contribution in [0.4, 0.5) is 0 Å². The Bertz CT molecular complexity index is 814. The van der Waals surface area contributed by atoms with Gasteiger partial charge in [-0.3, -0.25) is 9.59 Å². The van der Waals surface area contributed by atoms with Gasteiger partial charge < -0.3 is 10.5 Å². The third-order valence-corrected chi connectivity index (χ3v) is 5.92. The van der Waals surface area contributed by atoms with Crippen molar-refractivity contribution < 1.29 is 14.3 Å². The first kappa shape index (κ1) is 22.8. The minimum atomic E-state index is -0.330. The Balaban J connectivity index is 1.68. The van der Waals surface area contributed by atoms with E-state index in [1.165, 1.54) is 0 Å². The lowest BCUT2D eigenvalue weighted by Gasteiger charge is -2.07. The molecule has 0 aliphatic carbocycles. The van der Waals surface area contributed by atoms with E-state index in [-0.39, 0.29) is 11.8 Å². The van der Waals surface area contributed by atoms with Crippen molar-refractivity contribution in [2.24, 2.45) is 10.8 Å². The second kappa shape index (κ2) is 12.8. The maximum absolute atomic E-state index is 11.9. The van der Waals surface area contributed by atoms with Crippen molar-refractivity contribution in [2.75, 3.05) is 12.4 Å². The highest BCUT2D eigenvalue weighted by atomic mass is 33.1. The normalized spacial score (nSPS) is 11.1. The van der Waals surface area contributed by atoms with E-state index in [1.807, 2.05) is 49.4 Å². The molecule has 9 heteroatoms. The lowest BCUT2D eigenvalue weighted by Crippen LogP contribution is -2.19. The van der Waals surface area contributed by atoms with Crippen LogP contribution in [0.25, 0.3) is 0 Å². The number of nitrogens with two attached hydrogens (primary N) is 1. The summed E-state index contributed by atoms with van der Waals surface area (Å²) >= 11 is 0. The molecular formula is C20H24N4O3S2. The van der Waals surface area contributed by atoms with E-state index in [9.17, 15) is 9.59 Å². The molecule has 0 radical (unpaired) electrons. The summed E-state index contributed by atoms with van der Waals surface area (Å²) in [5.74, 6) is 0.914. The summed E-state index contributed by atoms with van der Waals surface area (Å²) in [6.45, 7) is 2.26. The van der Waals surface area contributed by atoms with E-state index >= 15 is 0 Å². The number of hydrazone groups is 1. The molecule has 0 bridgehead atoms. The van der Waals surface area contributed by atoms with Crippen LogP contribution in [-0.2, 0) is 9.59 Å². The molecule has 29 heavy (non-hydrogen) atoms. The first-order valence-corrected chi connectivity index (χ1v) is 11.4. The average Bonchev–Trinajstić information content (AvgIpc) is 2.73. The molecular weight excluding hydrogens is 408 g/mol. The van der Waals surface area contributed by atoms with Crippen LogP contribution in [0.15, 0.2) is 58.8 Å². The van der Waals surface area contributed by atoms with Gasteiger partial charge in [-0.25, -0.2) is 10.4 Å². The zero-order valence-electron chi connectivity index (χ0n) is 16.2. The SMILES string of the molecule is C/C(=N\NC(=O)CCSSc1ccccn1)c1ccc(OCCCC(N)=O)cc1. The van der Waals surface area contributed by atoms with Crippen molar-refractivity contribution in [3.63, 3.8) is 0 Å². The van der Waals surface area contributed by atoms with E-state index in [1.54, 1.807) is 27.8 Å². The van der Waals surface area contributed by atoms with Gasteiger partial charge in [-0.1, -0.05) is 16.9 Å². The van der Waals surface area contributed by atoms with Crippen LogP contribution in [0.3, 0.4) is 0 Å². The van der Waals surface area contributed by atoms with Gasteiger partial charge in [0.1, 0.15) is 10.8 Å². The fraction of sp³-hybridized carbons (Fsp3) is 0.300. The van der Waals surface area contributed by atoms with Gasteiger partial charge in [0, 0.05) is 24.8 Å². The second-order valence-electron chi connectivity index (χ2n) is 6.00. The maximum atomic E-state index is 11.9. The van der Waals surface area contributed by atoms with Crippen molar-refractivity contribution >= 4 is 39.1 Å². The average molecular weight is 433 g/mol. The van der Waals surface area contributed by atoms with Crippen LogP contribution in [0.5, 0.6) is 5.75 Å². The number of amides is 2. The largest absolute Gasteiger partial charge is 0.494 e. The molecule has 0 spiro atoms. The minimum Gasteiger partial charge on any atom is -0.494 e. The Kier molecular flexibility index (Phi) is 10.1. The fourth-order valence-electron chi connectivity index (χ4n) is 2.13. The number of carbonyl (C=O) groups is 2. The van der Waals surface area contributed by atoms with Crippen LogP contribution >= 0.6 is 21.6 Å². The number of carbonyl (C=O) groups excluding carboxylic acids is 2. The van der Waals surface area contributed by atoms with Gasteiger partial charge >= 0.3 is 0 Å². The molecule has 2 aromatic rings. The Morgan fingerprint density at radius 2 is 1.97 bits per heavy atom. The van der Waals surface area contributed by atoms with Gasteiger partial charge in [-0.2, -0.15) is 5.10 Å². The molecule has 0 unspecified atom stereocenters. The van der Waals surface area contributed by atoms with Crippen LogP contribution in [-0.4, -0.2) is 34.9 Å². The molecule has 2 amide bonds. The predicted octanol–water partition coefficient (Wildman–Crippen LogP) is 3.40. The van der Waals surface area contributed by atoms with Crippen molar-refractivity contribution in [2.45, 2.75) is 31.2 Å². The molecule has 1 aromatic heterocycles. The molecule has 0 fully saturated rings. The van der Waals surface area contributed by atoms with Crippen molar-refractivity contribution in [3.05, 3.63) is 54.2 Å². The van der Waals surface area contributed by atoms with E-state index < -0.39 is 0 Å². The van der Waals surface area contributed by atoms with Crippen molar-refractivity contribution in [1.29, 1.82) is 0 Å². The molecule has 7 nitrogen and oxygen atoms in total. The number of hydrogen-bond acceptors (Lipinski definition) is 7. The van der Waals surface area contributed by atoms with E-state index in [2.05, 4.69) is 15.5 Å². The molecule has 0 saturated heterocycles. The van der Waals surface area contributed by atoms with E-state index in [4.69, 9.17) is 10.5 Å². The molecule has 1 aromatic carbocycles. The van der Waals surface area contributed by atoms with Crippen LogP contribution in [0.2, 0.25) is 0 Å².